The van der Waals surface area contributed by atoms with Gasteiger partial charge in [0.05, 0.1) is 6.61 Å². The summed E-state index contributed by atoms with van der Waals surface area (Å²) >= 11 is 14.4. The van der Waals surface area contributed by atoms with E-state index in [0.717, 1.165) is 6.92 Å². The summed E-state index contributed by atoms with van der Waals surface area (Å²) in [7, 11) is 0. The zero-order chi connectivity index (χ0) is 16.4. The highest BCUT2D eigenvalue weighted by atomic mass is 35.6. The monoisotopic (exact) mass is 350 g/mol. The molecule has 0 aromatic carbocycles. The third kappa shape index (κ3) is 64.8. The second kappa shape index (κ2) is 21.1. The number of carboxylic acid groups (broad SMARTS) is 1. The minimum Gasteiger partial charge on any atom is -0.481 e. The van der Waals surface area contributed by atoms with Gasteiger partial charge in [-0.3, -0.25) is 9.59 Å². The van der Waals surface area contributed by atoms with E-state index in [1.807, 2.05) is 0 Å². The normalized spacial score (nSPS) is 12.6. The number of carbonyl (C=O) groups excluding carboxylic acids is 1. The van der Waals surface area contributed by atoms with E-state index in [-0.39, 0.29) is 5.97 Å². The molecule has 0 heterocycles. The summed E-state index contributed by atoms with van der Waals surface area (Å²) in [6.45, 7) is 4.74. The van der Waals surface area contributed by atoms with Crippen LogP contribution in [0.4, 0.5) is 0 Å². The first-order valence-corrected chi connectivity index (χ1v) is 7.80. The molecule has 0 amide bonds. The van der Waals surface area contributed by atoms with Gasteiger partial charge in [0.2, 0.25) is 0 Å². The lowest BCUT2D eigenvalue weighted by atomic mass is 10.0. The molecule has 4 nitrogen and oxygen atoms in total. The Bertz CT molecular complexity index is 201. The van der Waals surface area contributed by atoms with E-state index in [9.17, 15) is 4.79 Å². The third-order valence-electron chi connectivity index (χ3n) is 1.85. The molecule has 7 heteroatoms. The molecule has 1 aliphatic carbocycles. The number of hydrogen-bond acceptors (Lipinski definition) is 3. The van der Waals surface area contributed by atoms with Crippen LogP contribution in [-0.4, -0.2) is 27.9 Å². The molecule has 20 heavy (non-hydrogen) atoms. The number of carbonyl (C=O) groups is 2. The first-order chi connectivity index (χ1) is 9.23. The van der Waals surface area contributed by atoms with E-state index in [4.69, 9.17) is 44.7 Å². The highest BCUT2D eigenvalue weighted by Crippen LogP contribution is 2.15. The fourth-order valence-corrected chi connectivity index (χ4v) is 1.26. The van der Waals surface area contributed by atoms with Crippen LogP contribution >= 0.6 is 34.8 Å². The summed E-state index contributed by atoms with van der Waals surface area (Å²) in [6.07, 6.45) is 9.00. The number of ether oxygens (including phenoxy) is 1. The van der Waals surface area contributed by atoms with Gasteiger partial charge in [-0.05, 0) is 6.92 Å². The van der Waals surface area contributed by atoms with Crippen molar-refractivity contribution in [2.75, 3.05) is 6.61 Å². The van der Waals surface area contributed by atoms with Crippen LogP contribution in [-0.2, 0) is 14.3 Å². The minimum atomic E-state index is -0.833. The third-order valence-corrected chi connectivity index (χ3v) is 1.85. The Morgan fingerprint density at radius 1 is 1.00 bits per heavy atom. The van der Waals surface area contributed by atoms with Crippen molar-refractivity contribution in [2.24, 2.45) is 0 Å². The highest BCUT2D eigenvalue weighted by molar-refractivity contribution is 6.63. The van der Waals surface area contributed by atoms with E-state index in [1.54, 1.807) is 6.92 Å². The molecule has 0 aromatic heterocycles. The van der Waals surface area contributed by atoms with Gasteiger partial charge in [0.15, 0.2) is 4.30 Å². The van der Waals surface area contributed by atoms with Gasteiger partial charge >= 0.3 is 5.97 Å². The fourth-order valence-electron chi connectivity index (χ4n) is 1.26. The second-order valence-corrected chi connectivity index (χ2v) is 5.79. The van der Waals surface area contributed by atoms with Gasteiger partial charge < -0.3 is 9.84 Å². The van der Waals surface area contributed by atoms with E-state index in [1.165, 1.54) is 45.4 Å². The van der Waals surface area contributed by atoms with Crippen molar-refractivity contribution in [2.45, 2.75) is 63.6 Å². The Kier molecular flexibility index (Phi) is 26.2. The van der Waals surface area contributed by atoms with Crippen molar-refractivity contribution in [3.05, 3.63) is 0 Å². The molecule has 0 radical (unpaired) electrons. The predicted molar refractivity (Wildman–Crippen MR) is 84.7 cm³/mol. The zero-order valence-electron chi connectivity index (χ0n) is 12.3. The Hall–Kier alpha value is -0.190. The maximum Gasteiger partial charge on any atom is 0.302 e. The number of rotatable bonds is 1. The fraction of sp³-hybridized carbons (Fsp3) is 0.846. The largest absolute Gasteiger partial charge is 0.481 e. The van der Waals surface area contributed by atoms with Crippen LogP contribution in [0.1, 0.15) is 59.3 Å². The molecule has 0 atom stereocenters. The van der Waals surface area contributed by atoms with Crippen LogP contribution in [0.3, 0.4) is 0 Å². The molecule has 1 aliphatic rings. The average molecular weight is 352 g/mol. The minimum absolute atomic E-state index is 0.211. The molecule has 0 saturated heterocycles. The van der Waals surface area contributed by atoms with Gasteiger partial charge in [-0.2, -0.15) is 0 Å². The Balaban J connectivity index is -0.000000197. The molecule has 0 bridgehead atoms. The van der Waals surface area contributed by atoms with Crippen LogP contribution in [0.15, 0.2) is 0 Å². The summed E-state index contributed by atoms with van der Waals surface area (Å²) in [5.41, 5.74) is 0. The van der Waals surface area contributed by atoms with Crippen LogP contribution < -0.4 is 0 Å². The molecule has 1 fully saturated rings. The van der Waals surface area contributed by atoms with Gasteiger partial charge in [0.1, 0.15) is 0 Å². The highest BCUT2D eigenvalue weighted by Gasteiger charge is 1.95. The number of halogens is 3. The van der Waals surface area contributed by atoms with Gasteiger partial charge in [-0.25, -0.2) is 0 Å². The SMILES string of the molecule is C1CCCCC1.CC(=O)O.CCOC(C)=O.ClC(Cl)Cl. The van der Waals surface area contributed by atoms with E-state index in [2.05, 4.69) is 4.74 Å². The molecular weight excluding hydrogens is 326 g/mol. The van der Waals surface area contributed by atoms with Gasteiger partial charge in [0.25, 0.3) is 5.97 Å². The van der Waals surface area contributed by atoms with E-state index in [0.29, 0.717) is 6.61 Å². The van der Waals surface area contributed by atoms with E-state index < -0.39 is 10.3 Å². The Morgan fingerprint density at radius 3 is 1.25 bits per heavy atom. The Morgan fingerprint density at radius 2 is 1.20 bits per heavy atom. The van der Waals surface area contributed by atoms with Crippen LogP contribution in [0.2, 0.25) is 0 Å². The average Bonchev–Trinajstić information content (AvgIpc) is 2.30. The summed E-state index contributed by atoms with van der Waals surface area (Å²) in [4.78, 5) is 18.8. The lowest BCUT2D eigenvalue weighted by Crippen LogP contribution is -1.95. The Labute approximate surface area is 136 Å². The number of esters is 1. The van der Waals surface area contributed by atoms with Gasteiger partial charge in [-0.15, -0.1) is 0 Å². The number of alkyl halides is 3. The number of hydrogen-bond donors (Lipinski definition) is 1. The second-order valence-electron chi connectivity index (χ2n) is 3.81. The summed E-state index contributed by atoms with van der Waals surface area (Å²) < 4.78 is 3.65. The topological polar surface area (TPSA) is 63.6 Å². The van der Waals surface area contributed by atoms with Gasteiger partial charge in [0, 0.05) is 13.8 Å². The summed E-state index contributed by atoms with van der Waals surface area (Å²) in [5, 5.41) is 7.42. The van der Waals surface area contributed by atoms with Crippen molar-refractivity contribution in [3.8, 4) is 0 Å². The molecule has 1 saturated carbocycles. The standard InChI is InChI=1S/C6H12.C4H8O2.C2H4O2.CHCl3/c1-2-4-6-5-3-1;1-3-6-4(2)5;1-2(3)4;2-1(3)4/h1-6H2;3H2,1-2H3;1H3,(H,3,4);1H. The molecule has 1 rings (SSSR count). The first kappa shape index (κ1) is 24.8. The molecule has 122 valence electrons. The number of carboxylic acids is 1. The quantitative estimate of drug-likeness (QED) is 0.534. The lowest BCUT2D eigenvalue weighted by molar-refractivity contribution is -0.140. The predicted octanol–water partition coefficient (Wildman–Crippen LogP) is 4.99. The summed E-state index contributed by atoms with van der Waals surface area (Å²) in [6, 6.07) is 0. The maximum atomic E-state index is 9.82. The van der Waals surface area contributed by atoms with Gasteiger partial charge in [-0.1, -0.05) is 73.3 Å². The number of aliphatic carboxylic acids is 1. The van der Waals surface area contributed by atoms with Crippen molar-refractivity contribution in [1.29, 1.82) is 0 Å². The van der Waals surface area contributed by atoms with Crippen LogP contribution in [0.5, 0.6) is 0 Å². The van der Waals surface area contributed by atoms with Crippen molar-refractivity contribution in [3.63, 3.8) is 0 Å². The lowest BCUT2D eigenvalue weighted by Gasteiger charge is -2.05. The molecular formula is C13H25Cl3O4. The summed E-state index contributed by atoms with van der Waals surface area (Å²) in [5.74, 6) is -1.04. The maximum absolute atomic E-state index is 9.82. The van der Waals surface area contributed by atoms with E-state index >= 15 is 0 Å². The zero-order valence-corrected chi connectivity index (χ0v) is 14.6. The molecule has 0 unspecified atom stereocenters. The molecule has 0 aromatic rings. The molecule has 1 N–H and O–H groups in total. The smallest absolute Gasteiger partial charge is 0.302 e. The van der Waals surface area contributed by atoms with Crippen LogP contribution in [0.25, 0.3) is 0 Å². The van der Waals surface area contributed by atoms with Crippen molar-refractivity contribution < 1.29 is 19.4 Å². The van der Waals surface area contributed by atoms with Crippen LogP contribution in [0, 0.1) is 0 Å². The molecule has 0 spiro atoms. The van der Waals surface area contributed by atoms with Crippen molar-refractivity contribution >= 4 is 46.7 Å². The molecule has 0 aliphatic heterocycles. The first-order valence-electron chi connectivity index (χ1n) is 6.49. The van der Waals surface area contributed by atoms with Crippen molar-refractivity contribution in [1.82, 2.24) is 0 Å².